The fraction of sp³-hybridized carbons (Fsp3) is 0.519. The van der Waals surface area contributed by atoms with E-state index in [-0.39, 0.29) is 17.7 Å². The summed E-state index contributed by atoms with van der Waals surface area (Å²) in [5, 5.41) is 0. The average molecular weight is 451 g/mol. The Hall–Kier alpha value is -2.89. The minimum Gasteiger partial charge on any atom is -0.428 e. The lowest BCUT2D eigenvalue weighted by atomic mass is 9.75. The van der Waals surface area contributed by atoms with Crippen LogP contribution in [0.3, 0.4) is 0 Å². The number of benzene rings is 1. The number of hydrogen-bond acceptors (Lipinski definition) is 6. The number of carbonyl (C=O) groups excluding carboxylic acids is 2. The normalized spacial score (nSPS) is 20.9. The van der Waals surface area contributed by atoms with Gasteiger partial charge in [0.05, 0.1) is 29.7 Å². The molecule has 0 saturated heterocycles. The molecule has 2 heterocycles. The number of ketones is 1. The first kappa shape index (κ1) is 23.3. The van der Waals surface area contributed by atoms with Gasteiger partial charge in [0.15, 0.2) is 5.78 Å². The van der Waals surface area contributed by atoms with Gasteiger partial charge in [-0.05, 0) is 63.8 Å². The maximum Gasteiger partial charge on any atom is 0.514 e. The summed E-state index contributed by atoms with van der Waals surface area (Å²) in [4.78, 5) is 32.5. The van der Waals surface area contributed by atoms with Gasteiger partial charge in [0, 0.05) is 5.56 Å². The Morgan fingerprint density at radius 2 is 1.94 bits per heavy atom. The van der Waals surface area contributed by atoms with Crippen LogP contribution >= 0.6 is 0 Å². The third-order valence-electron chi connectivity index (χ3n) is 6.73. The predicted molar refractivity (Wildman–Crippen MR) is 130 cm³/mol. The maximum atomic E-state index is 13.7. The van der Waals surface area contributed by atoms with Crippen LogP contribution in [0.2, 0.25) is 0 Å². The van der Waals surface area contributed by atoms with Crippen molar-refractivity contribution >= 4 is 24.0 Å². The summed E-state index contributed by atoms with van der Waals surface area (Å²) >= 11 is 0. The van der Waals surface area contributed by atoms with E-state index in [1.165, 1.54) is 24.8 Å². The quantitative estimate of drug-likeness (QED) is 0.352. The Morgan fingerprint density at radius 3 is 2.64 bits per heavy atom. The lowest BCUT2D eigenvalue weighted by molar-refractivity contribution is 0.0205. The lowest BCUT2D eigenvalue weighted by Gasteiger charge is -2.39. The Bertz CT molecular complexity index is 1030. The number of fused-ring (bicyclic) bond motifs is 2. The van der Waals surface area contributed by atoms with Crippen LogP contribution in [0.5, 0.6) is 5.75 Å². The molecule has 2 atom stereocenters. The van der Waals surface area contributed by atoms with Crippen molar-refractivity contribution in [3.05, 3.63) is 47.2 Å². The van der Waals surface area contributed by atoms with E-state index in [0.29, 0.717) is 11.3 Å². The lowest BCUT2D eigenvalue weighted by Crippen LogP contribution is -2.47. The van der Waals surface area contributed by atoms with E-state index >= 15 is 0 Å². The number of hydrogen-bond donors (Lipinski definition) is 0. The van der Waals surface area contributed by atoms with Crippen molar-refractivity contribution in [3.8, 4) is 5.75 Å². The molecule has 2 unspecified atom stereocenters. The SMILES string of the molecule is CCC(CC)CCCC1=CC=C2N=CN3c4ccc(OC(=O)OC(C)(C)C)cc4C(=O)C1C23. The number of rotatable bonds is 7. The van der Waals surface area contributed by atoms with E-state index in [4.69, 9.17) is 9.47 Å². The summed E-state index contributed by atoms with van der Waals surface area (Å²) in [6.45, 7) is 9.83. The van der Waals surface area contributed by atoms with Gasteiger partial charge in [0.25, 0.3) is 0 Å². The molecule has 4 rings (SSSR count). The summed E-state index contributed by atoms with van der Waals surface area (Å²) < 4.78 is 10.6. The average Bonchev–Trinajstić information content (AvgIpc) is 3.18. The van der Waals surface area contributed by atoms with Crippen LogP contribution in [0.4, 0.5) is 10.5 Å². The van der Waals surface area contributed by atoms with Crippen molar-refractivity contribution in [3.63, 3.8) is 0 Å². The number of aliphatic imine (C=N–C) groups is 1. The summed E-state index contributed by atoms with van der Waals surface area (Å²) in [6, 6.07) is 5.09. The van der Waals surface area contributed by atoms with E-state index in [1.54, 1.807) is 32.9 Å². The molecular formula is C27H34N2O4. The van der Waals surface area contributed by atoms with Crippen LogP contribution in [-0.4, -0.2) is 29.9 Å². The van der Waals surface area contributed by atoms with E-state index in [2.05, 4.69) is 35.9 Å². The molecule has 1 aromatic carbocycles. The number of Topliss-reactive ketones (excluding diaryl/α,β-unsaturated/α-hetero) is 1. The number of ether oxygens (including phenoxy) is 2. The molecule has 0 saturated carbocycles. The first-order chi connectivity index (χ1) is 15.7. The smallest absolute Gasteiger partial charge is 0.428 e. The van der Waals surface area contributed by atoms with Crippen LogP contribution in [0.25, 0.3) is 0 Å². The van der Waals surface area contributed by atoms with E-state index in [1.807, 2.05) is 12.4 Å². The zero-order valence-corrected chi connectivity index (χ0v) is 20.3. The van der Waals surface area contributed by atoms with Gasteiger partial charge < -0.3 is 14.4 Å². The van der Waals surface area contributed by atoms with Gasteiger partial charge in [-0.3, -0.25) is 4.79 Å². The highest BCUT2D eigenvalue weighted by Gasteiger charge is 2.47. The second kappa shape index (κ2) is 9.16. The Kier molecular flexibility index (Phi) is 6.46. The van der Waals surface area contributed by atoms with Crippen LogP contribution in [-0.2, 0) is 4.74 Å². The zero-order chi connectivity index (χ0) is 23.8. The Morgan fingerprint density at radius 1 is 1.18 bits per heavy atom. The summed E-state index contributed by atoms with van der Waals surface area (Å²) in [5.74, 6) is 0.836. The van der Waals surface area contributed by atoms with Crippen LogP contribution in [0.15, 0.2) is 46.6 Å². The van der Waals surface area contributed by atoms with Gasteiger partial charge >= 0.3 is 6.16 Å². The van der Waals surface area contributed by atoms with Gasteiger partial charge in [-0.2, -0.15) is 0 Å². The summed E-state index contributed by atoms with van der Waals surface area (Å²) in [7, 11) is 0. The van der Waals surface area contributed by atoms with Crippen LogP contribution in [0.1, 0.15) is 77.1 Å². The molecule has 3 aliphatic rings. The molecule has 0 amide bonds. The third-order valence-corrected chi connectivity index (χ3v) is 6.73. The standard InChI is InChI=1S/C27H34N2O4/c1-6-17(7-2)9-8-10-18-11-13-21-24-23(18)25(30)20-15-19(32-26(31)33-27(3,4)5)12-14-22(20)29(24)16-28-21/h11-17,23-24H,6-10H2,1-5H3. The molecule has 0 radical (unpaired) electrons. The molecule has 6 heteroatoms. The largest absolute Gasteiger partial charge is 0.514 e. The highest BCUT2D eigenvalue weighted by Crippen LogP contribution is 2.45. The highest BCUT2D eigenvalue weighted by molar-refractivity contribution is 6.11. The van der Waals surface area contributed by atoms with Gasteiger partial charge in [0.1, 0.15) is 11.4 Å². The first-order valence-electron chi connectivity index (χ1n) is 12.0. The summed E-state index contributed by atoms with van der Waals surface area (Å²) in [6.07, 6.45) is 10.7. The molecule has 1 aromatic rings. The van der Waals surface area contributed by atoms with Gasteiger partial charge in [-0.15, -0.1) is 0 Å². The third kappa shape index (κ3) is 4.75. The van der Waals surface area contributed by atoms with Crippen molar-refractivity contribution < 1.29 is 19.1 Å². The van der Waals surface area contributed by atoms with Crippen LogP contribution in [0, 0.1) is 11.8 Å². The Labute approximate surface area is 196 Å². The van der Waals surface area contributed by atoms with Crippen molar-refractivity contribution in [1.82, 2.24) is 0 Å². The second-order valence-corrected chi connectivity index (χ2v) is 10.1. The van der Waals surface area contributed by atoms with E-state index in [0.717, 1.165) is 30.1 Å². The molecule has 2 aliphatic heterocycles. The molecule has 6 nitrogen and oxygen atoms in total. The molecule has 176 valence electrons. The molecule has 0 bridgehead atoms. The molecular weight excluding hydrogens is 416 g/mol. The van der Waals surface area contributed by atoms with Gasteiger partial charge in [0.2, 0.25) is 0 Å². The highest BCUT2D eigenvalue weighted by atomic mass is 16.7. The number of nitrogens with zero attached hydrogens (tertiary/aromatic N) is 2. The first-order valence-corrected chi connectivity index (χ1v) is 12.0. The van der Waals surface area contributed by atoms with Crippen molar-refractivity contribution in [2.75, 3.05) is 4.90 Å². The fourth-order valence-corrected chi connectivity index (χ4v) is 4.98. The number of carbonyl (C=O) groups is 2. The predicted octanol–water partition coefficient (Wildman–Crippen LogP) is 6.46. The topological polar surface area (TPSA) is 68.2 Å². The number of allylic oxidation sites excluding steroid dienone is 2. The number of anilines is 1. The van der Waals surface area contributed by atoms with Crippen molar-refractivity contribution in [2.24, 2.45) is 16.8 Å². The van der Waals surface area contributed by atoms with E-state index in [9.17, 15) is 9.59 Å². The summed E-state index contributed by atoms with van der Waals surface area (Å²) in [5.41, 5.74) is 2.79. The second-order valence-electron chi connectivity index (χ2n) is 10.1. The van der Waals surface area contributed by atoms with Crippen molar-refractivity contribution in [2.45, 2.75) is 78.4 Å². The maximum absolute atomic E-state index is 13.7. The monoisotopic (exact) mass is 450 g/mol. The molecule has 0 N–H and O–H groups in total. The zero-order valence-electron chi connectivity index (χ0n) is 20.3. The van der Waals surface area contributed by atoms with Gasteiger partial charge in [-0.25, -0.2) is 9.79 Å². The molecule has 1 aliphatic carbocycles. The van der Waals surface area contributed by atoms with Gasteiger partial charge in [-0.1, -0.05) is 44.8 Å². The fourth-order valence-electron chi connectivity index (χ4n) is 4.98. The molecule has 0 aromatic heterocycles. The molecule has 33 heavy (non-hydrogen) atoms. The minimum atomic E-state index is -0.781. The minimum absolute atomic E-state index is 0.0609. The molecule has 0 spiro atoms. The van der Waals surface area contributed by atoms with Crippen LogP contribution < -0.4 is 9.64 Å². The van der Waals surface area contributed by atoms with Crippen molar-refractivity contribution in [1.29, 1.82) is 0 Å². The van der Waals surface area contributed by atoms with E-state index < -0.39 is 11.8 Å². The molecule has 0 fully saturated rings. The Balaban J connectivity index is 1.57.